The number of ketones is 1. The van der Waals surface area contributed by atoms with Crippen LogP contribution in [0.4, 0.5) is 17.6 Å². The molecule has 2 aromatic carbocycles. The largest absolute Gasteiger partial charge is 0.288 e. The number of rotatable bonds is 2. The molecule has 0 saturated carbocycles. The zero-order valence-electron chi connectivity index (χ0n) is 9.81. The molecule has 0 heterocycles. The van der Waals surface area contributed by atoms with E-state index in [0.717, 1.165) is 18.2 Å². The topological polar surface area (TPSA) is 17.1 Å². The number of benzene rings is 2. The highest BCUT2D eigenvalue weighted by atomic mass is 19.2. The molecule has 0 aliphatic carbocycles. The van der Waals surface area contributed by atoms with E-state index in [4.69, 9.17) is 0 Å². The van der Waals surface area contributed by atoms with Crippen LogP contribution in [0.1, 0.15) is 21.5 Å². The molecular formula is C14H8F4O. The number of carbonyl (C=O) groups is 1. The van der Waals surface area contributed by atoms with Crippen molar-refractivity contribution in [2.24, 2.45) is 0 Å². The van der Waals surface area contributed by atoms with E-state index in [1.54, 1.807) is 0 Å². The van der Waals surface area contributed by atoms with Crippen molar-refractivity contribution in [1.29, 1.82) is 0 Å². The van der Waals surface area contributed by atoms with Gasteiger partial charge in [0.1, 0.15) is 11.6 Å². The Labute approximate surface area is 106 Å². The van der Waals surface area contributed by atoms with E-state index in [9.17, 15) is 22.4 Å². The highest BCUT2D eigenvalue weighted by molar-refractivity contribution is 6.09. The van der Waals surface area contributed by atoms with Crippen molar-refractivity contribution >= 4 is 5.78 Å². The Morgan fingerprint density at radius 2 is 1.53 bits per heavy atom. The van der Waals surface area contributed by atoms with Crippen molar-refractivity contribution in [3.63, 3.8) is 0 Å². The lowest BCUT2D eigenvalue weighted by atomic mass is 10.0. The van der Waals surface area contributed by atoms with E-state index in [-0.39, 0.29) is 16.7 Å². The van der Waals surface area contributed by atoms with Gasteiger partial charge < -0.3 is 0 Å². The Balaban J connectivity index is 2.49. The first-order valence-corrected chi connectivity index (χ1v) is 5.35. The van der Waals surface area contributed by atoms with E-state index < -0.39 is 29.1 Å². The summed E-state index contributed by atoms with van der Waals surface area (Å²) in [5, 5.41) is 0. The van der Waals surface area contributed by atoms with Gasteiger partial charge in [0.25, 0.3) is 0 Å². The van der Waals surface area contributed by atoms with Gasteiger partial charge in [0.05, 0.1) is 5.56 Å². The van der Waals surface area contributed by atoms with Gasteiger partial charge in [-0.3, -0.25) is 4.79 Å². The van der Waals surface area contributed by atoms with Crippen LogP contribution in [0.15, 0.2) is 30.3 Å². The molecule has 19 heavy (non-hydrogen) atoms. The van der Waals surface area contributed by atoms with Crippen LogP contribution in [0.3, 0.4) is 0 Å². The fourth-order valence-electron chi connectivity index (χ4n) is 1.62. The molecule has 0 aliphatic heterocycles. The molecule has 0 unspecified atom stereocenters. The minimum Gasteiger partial charge on any atom is -0.288 e. The molecule has 1 nitrogen and oxygen atoms in total. The van der Waals surface area contributed by atoms with Crippen molar-refractivity contribution in [2.45, 2.75) is 6.92 Å². The average molecular weight is 268 g/mol. The van der Waals surface area contributed by atoms with Gasteiger partial charge in [-0.1, -0.05) is 0 Å². The van der Waals surface area contributed by atoms with Gasteiger partial charge in [-0.2, -0.15) is 0 Å². The summed E-state index contributed by atoms with van der Waals surface area (Å²) >= 11 is 0. The second-order valence-corrected chi connectivity index (χ2v) is 4.04. The highest BCUT2D eigenvalue weighted by Crippen LogP contribution is 2.19. The van der Waals surface area contributed by atoms with Crippen LogP contribution < -0.4 is 0 Å². The molecule has 0 bridgehead atoms. The van der Waals surface area contributed by atoms with E-state index >= 15 is 0 Å². The second kappa shape index (κ2) is 4.84. The van der Waals surface area contributed by atoms with E-state index in [0.29, 0.717) is 12.1 Å². The summed E-state index contributed by atoms with van der Waals surface area (Å²) < 4.78 is 52.4. The average Bonchev–Trinajstić information content (AvgIpc) is 2.36. The Bertz CT molecular complexity index is 665. The minimum atomic E-state index is -1.20. The van der Waals surface area contributed by atoms with Crippen molar-refractivity contribution in [3.05, 3.63) is 70.3 Å². The van der Waals surface area contributed by atoms with Crippen molar-refractivity contribution < 1.29 is 22.4 Å². The summed E-state index contributed by atoms with van der Waals surface area (Å²) in [6, 6.07) is 4.11. The first-order chi connectivity index (χ1) is 8.90. The summed E-state index contributed by atoms with van der Waals surface area (Å²) in [7, 11) is 0. The van der Waals surface area contributed by atoms with Crippen LogP contribution in [0.5, 0.6) is 0 Å². The summed E-state index contributed by atoms with van der Waals surface area (Å²) in [6.45, 7) is 1.37. The first kappa shape index (κ1) is 13.3. The molecule has 0 aliphatic rings. The van der Waals surface area contributed by atoms with Gasteiger partial charge in [-0.25, -0.2) is 17.6 Å². The fraction of sp³-hybridized carbons (Fsp3) is 0.0714. The number of hydrogen-bond acceptors (Lipinski definition) is 1. The van der Waals surface area contributed by atoms with Gasteiger partial charge in [-0.15, -0.1) is 0 Å². The SMILES string of the molecule is Cc1cc(C(=O)c2ccc(F)c(F)c2)c(F)cc1F. The standard InChI is InChI=1S/C14H8F4O/c1-7-4-9(12(17)6-11(7)16)14(19)8-2-3-10(15)13(18)5-8/h2-6H,1H3. The molecule has 98 valence electrons. The lowest BCUT2D eigenvalue weighted by Crippen LogP contribution is -2.06. The normalized spacial score (nSPS) is 10.6. The highest BCUT2D eigenvalue weighted by Gasteiger charge is 2.17. The minimum absolute atomic E-state index is 0.0901. The monoisotopic (exact) mass is 268 g/mol. The third-order valence-electron chi connectivity index (χ3n) is 2.67. The van der Waals surface area contributed by atoms with E-state index in [1.807, 2.05) is 0 Å². The molecule has 0 radical (unpaired) electrons. The predicted octanol–water partition coefficient (Wildman–Crippen LogP) is 3.78. The van der Waals surface area contributed by atoms with Crippen molar-refractivity contribution in [2.75, 3.05) is 0 Å². The summed E-state index contributed by atoms with van der Waals surface area (Å²) in [5.74, 6) is -4.96. The van der Waals surface area contributed by atoms with Gasteiger partial charge in [0, 0.05) is 11.6 Å². The fourth-order valence-corrected chi connectivity index (χ4v) is 1.62. The lowest BCUT2D eigenvalue weighted by molar-refractivity contribution is 0.103. The van der Waals surface area contributed by atoms with Crippen molar-refractivity contribution in [3.8, 4) is 0 Å². The van der Waals surface area contributed by atoms with Crippen LogP contribution >= 0.6 is 0 Å². The maximum atomic E-state index is 13.5. The number of halogens is 4. The molecule has 0 amide bonds. The smallest absolute Gasteiger partial charge is 0.196 e. The zero-order valence-corrected chi connectivity index (χ0v) is 9.81. The van der Waals surface area contributed by atoms with Crippen molar-refractivity contribution in [1.82, 2.24) is 0 Å². The molecule has 2 rings (SSSR count). The third-order valence-corrected chi connectivity index (χ3v) is 2.67. The molecule has 5 heteroatoms. The third kappa shape index (κ3) is 2.50. The Kier molecular flexibility index (Phi) is 3.38. The number of hydrogen-bond donors (Lipinski definition) is 0. The van der Waals surface area contributed by atoms with Crippen LogP contribution in [-0.2, 0) is 0 Å². The molecule has 2 aromatic rings. The molecule has 0 fully saturated rings. The van der Waals surface area contributed by atoms with Crippen LogP contribution in [-0.4, -0.2) is 5.78 Å². The van der Waals surface area contributed by atoms with Gasteiger partial charge in [0.15, 0.2) is 17.4 Å². The first-order valence-electron chi connectivity index (χ1n) is 5.35. The molecule has 0 saturated heterocycles. The molecule has 0 N–H and O–H groups in total. The molecular weight excluding hydrogens is 260 g/mol. The molecule has 0 aromatic heterocycles. The van der Waals surface area contributed by atoms with Crippen LogP contribution in [0.2, 0.25) is 0 Å². The number of aryl methyl sites for hydroxylation is 1. The Morgan fingerprint density at radius 3 is 2.16 bits per heavy atom. The van der Waals surface area contributed by atoms with Crippen LogP contribution in [0, 0.1) is 30.2 Å². The zero-order chi connectivity index (χ0) is 14.2. The van der Waals surface area contributed by atoms with Gasteiger partial charge >= 0.3 is 0 Å². The van der Waals surface area contributed by atoms with Crippen LogP contribution in [0.25, 0.3) is 0 Å². The summed E-state index contributed by atoms with van der Waals surface area (Å²) in [5.41, 5.74) is -0.499. The maximum Gasteiger partial charge on any atom is 0.196 e. The van der Waals surface area contributed by atoms with Gasteiger partial charge in [-0.05, 0) is 36.8 Å². The van der Waals surface area contributed by atoms with Gasteiger partial charge in [0.2, 0.25) is 0 Å². The predicted molar refractivity (Wildman–Crippen MR) is 60.9 cm³/mol. The summed E-state index contributed by atoms with van der Waals surface area (Å²) in [6.07, 6.45) is 0. The second-order valence-electron chi connectivity index (χ2n) is 4.04. The Morgan fingerprint density at radius 1 is 0.842 bits per heavy atom. The molecule has 0 atom stereocenters. The quantitative estimate of drug-likeness (QED) is 0.598. The lowest BCUT2D eigenvalue weighted by Gasteiger charge is -2.05. The molecule has 0 spiro atoms. The Hall–Kier alpha value is -2.17. The van der Waals surface area contributed by atoms with E-state index in [2.05, 4.69) is 0 Å². The maximum absolute atomic E-state index is 13.5. The van der Waals surface area contributed by atoms with E-state index in [1.165, 1.54) is 6.92 Å². The number of carbonyl (C=O) groups excluding carboxylic acids is 1. The summed E-state index contributed by atoms with van der Waals surface area (Å²) in [4.78, 5) is 11.9.